The minimum absolute atomic E-state index is 0.106. The average molecular weight is 447 g/mol. The second kappa shape index (κ2) is 8.14. The molecule has 1 amide bonds. The molecule has 0 aliphatic carbocycles. The average Bonchev–Trinajstić information content (AvgIpc) is 3.04. The van der Waals surface area contributed by atoms with Crippen LogP contribution in [0.4, 0.5) is 5.69 Å². The highest BCUT2D eigenvalue weighted by atomic mass is 16.4. The van der Waals surface area contributed by atoms with Gasteiger partial charge in [-0.2, -0.15) is 5.10 Å². The highest BCUT2D eigenvalue weighted by Gasteiger charge is 2.23. The van der Waals surface area contributed by atoms with Crippen LogP contribution in [-0.4, -0.2) is 20.7 Å². The molecule has 7 nitrogen and oxygen atoms in total. The van der Waals surface area contributed by atoms with E-state index in [9.17, 15) is 9.59 Å². The molecular formula is C26H30N4O3. The highest BCUT2D eigenvalue weighted by Crippen LogP contribution is 2.30. The summed E-state index contributed by atoms with van der Waals surface area (Å²) in [7, 11) is 0. The van der Waals surface area contributed by atoms with Gasteiger partial charge in [-0.3, -0.25) is 4.79 Å². The number of hydrogen-bond acceptors (Lipinski definition) is 5. The number of carbonyl (C=O) groups excluding carboxylic acids is 1. The van der Waals surface area contributed by atoms with E-state index >= 15 is 0 Å². The summed E-state index contributed by atoms with van der Waals surface area (Å²) in [4.78, 5) is 29.2. The Morgan fingerprint density at radius 3 is 2.52 bits per heavy atom. The second-order valence-electron chi connectivity index (χ2n) is 9.67. The van der Waals surface area contributed by atoms with Gasteiger partial charge in [0.15, 0.2) is 5.65 Å². The lowest BCUT2D eigenvalue weighted by Gasteiger charge is -2.20. The van der Waals surface area contributed by atoms with Crippen molar-refractivity contribution in [1.82, 2.24) is 14.8 Å². The Labute approximate surface area is 192 Å². The van der Waals surface area contributed by atoms with Gasteiger partial charge in [0.2, 0.25) is 5.91 Å². The summed E-state index contributed by atoms with van der Waals surface area (Å²) in [5.74, 6) is -0.106. The normalized spacial score (nSPS) is 12.0. The summed E-state index contributed by atoms with van der Waals surface area (Å²) in [6, 6.07) is 6.83. The number of aromatic nitrogens is 3. The number of nitrogens with zero attached hydrogens (tertiary/aromatic N) is 3. The Morgan fingerprint density at radius 1 is 1.09 bits per heavy atom. The van der Waals surface area contributed by atoms with E-state index in [1.54, 1.807) is 6.07 Å². The quantitative estimate of drug-likeness (QED) is 0.441. The monoisotopic (exact) mass is 446 g/mol. The van der Waals surface area contributed by atoms with Crippen LogP contribution in [0, 0.1) is 27.7 Å². The van der Waals surface area contributed by atoms with Crippen LogP contribution in [0.1, 0.15) is 55.3 Å². The Balaban J connectivity index is 1.56. The van der Waals surface area contributed by atoms with Crippen molar-refractivity contribution in [1.29, 1.82) is 0 Å². The van der Waals surface area contributed by atoms with Gasteiger partial charge in [-0.15, -0.1) is 0 Å². The standard InChI is InChI=1S/C26H30N4O3/c1-14-12-23(32)33-21-13-18(8-9-19(14)21)28-22(31)11-10-20-15(2)24-17(4)29-30(26(5,6)7)25(24)27-16(20)3/h8-9,12-13H,10-11H2,1-7H3,(H,28,31). The third kappa shape index (κ3) is 4.27. The molecule has 0 fully saturated rings. The van der Waals surface area contributed by atoms with Gasteiger partial charge in [0, 0.05) is 40.7 Å². The molecule has 0 unspecified atom stereocenters. The predicted octanol–water partition coefficient (Wildman–Crippen LogP) is 5.10. The molecule has 33 heavy (non-hydrogen) atoms. The molecule has 0 radical (unpaired) electrons. The maximum absolute atomic E-state index is 12.7. The molecular weight excluding hydrogens is 416 g/mol. The number of pyridine rings is 1. The molecule has 0 bridgehead atoms. The van der Waals surface area contributed by atoms with Crippen LogP contribution in [0.25, 0.3) is 22.0 Å². The van der Waals surface area contributed by atoms with Gasteiger partial charge in [0.25, 0.3) is 0 Å². The van der Waals surface area contributed by atoms with Gasteiger partial charge in [-0.05, 0) is 83.7 Å². The van der Waals surface area contributed by atoms with E-state index in [0.29, 0.717) is 24.1 Å². The first-order valence-corrected chi connectivity index (χ1v) is 11.2. The number of rotatable bonds is 4. The molecule has 3 aromatic heterocycles. The molecule has 1 aromatic carbocycles. The zero-order valence-corrected chi connectivity index (χ0v) is 20.3. The number of anilines is 1. The maximum Gasteiger partial charge on any atom is 0.336 e. The first-order valence-electron chi connectivity index (χ1n) is 11.2. The number of fused-ring (bicyclic) bond motifs is 2. The fourth-order valence-electron chi connectivity index (χ4n) is 4.41. The third-order valence-corrected chi connectivity index (χ3v) is 6.05. The van der Waals surface area contributed by atoms with Gasteiger partial charge in [0.1, 0.15) is 5.58 Å². The summed E-state index contributed by atoms with van der Waals surface area (Å²) in [6.45, 7) is 14.3. The first kappa shape index (κ1) is 22.7. The molecule has 0 saturated carbocycles. The molecule has 0 atom stereocenters. The fourth-order valence-corrected chi connectivity index (χ4v) is 4.41. The van der Waals surface area contributed by atoms with Crippen LogP contribution in [0.15, 0.2) is 33.5 Å². The molecule has 0 spiro atoms. The van der Waals surface area contributed by atoms with Crippen LogP contribution < -0.4 is 10.9 Å². The topological polar surface area (TPSA) is 90.0 Å². The van der Waals surface area contributed by atoms with E-state index in [2.05, 4.69) is 33.0 Å². The number of hydrogen-bond donors (Lipinski definition) is 1. The van der Waals surface area contributed by atoms with Gasteiger partial charge < -0.3 is 9.73 Å². The van der Waals surface area contributed by atoms with Gasteiger partial charge in [0.05, 0.1) is 11.2 Å². The lowest BCUT2D eigenvalue weighted by atomic mass is 9.99. The number of benzene rings is 1. The molecule has 0 aliphatic rings. The molecule has 3 heterocycles. The Hall–Kier alpha value is -3.48. The van der Waals surface area contributed by atoms with Crippen LogP contribution in [0.3, 0.4) is 0 Å². The predicted molar refractivity (Wildman–Crippen MR) is 131 cm³/mol. The Morgan fingerprint density at radius 2 is 1.82 bits per heavy atom. The second-order valence-corrected chi connectivity index (χ2v) is 9.67. The van der Waals surface area contributed by atoms with Crippen molar-refractivity contribution in [2.24, 2.45) is 0 Å². The van der Waals surface area contributed by atoms with E-state index in [0.717, 1.165) is 44.5 Å². The SMILES string of the molecule is Cc1nc2c(c(C)nn2C(C)(C)C)c(C)c1CCC(=O)Nc1ccc2c(C)cc(=O)oc2c1. The van der Waals surface area contributed by atoms with Crippen molar-refractivity contribution in [3.63, 3.8) is 0 Å². The largest absolute Gasteiger partial charge is 0.423 e. The molecule has 0 aliphatic heterocycles. The van der Waals surface area contributed by atoms with Crippen molar-refractivity contribution in [3.8, 4) is 0 Å². The zero-order chi connectivity index (χ0) is 24.1. The van der Waals surface area contributed by atoms with Crippen LogP contribution >= 0.6 is 0 Å². The number of amides is 1. The maximum atomic E-state index is 12.7. The molecule has 1 N–H and O–H groups in total. The minimum Gasteiger partial charge on any atom is -0.423 e. The molecule has 4 aromatic rings. The van der Waals surface area contributed by atoms with E-state index in [1.807, 2.05) is 37.6 Å². The summed E-state index contributed by atoms with van der Waals surface area (Å²) in [5.41, 5.74) is 6.30. The van der Waals surface area contributed by atoms with Crippen molar-refractivity contribution < 1.29 is 9.21 Å². The Kier molecular flexibility index (Phi) is 5.60. The zero-order valence-electron chi connectivity index (χ0n) is 20.3. The van der Waals surface area contributed by atoms with E-state index in [1.165, 1.54) is 6.07 Å². The van der Waals surface area contributed by atoms with Crippen LogP contribution in [-0.2, 0) is 16.8 Å². The molecule has 0 saturated heterocycles. The van der Waals surface area contributed by atoms with Gasteiger partial charge in [-0.1, -0.05) is 0 Å². The third-order valence-electron chi connectivity index (χ3n) is 6.05. The summed E-state index contributed by atoms with van der Waals surface area (Å²) >= 11 is 0. The first-order chi connectivity index (χ1) is 15.5. The fraction of sp³-hybridized carbons (Fsp3) is 0.385. The van der Waals surface area contributed by atoms with Crippen molar-refractivity contribution in [3.05, 3.63) is 62.8 Å². The molecule has 172 valence electrons. The number of carbonyl (C=O) groups is 1. The number of nitrogens with one attached hydrogen (secondary N) is 1. The van der Waals surface area contributed by atoms with Gasteiger partial charge >= 0.3 is 5.63 Å². The summed E-state index contributed by atoms with van der Waals surface area (Å²) < 4.78 is 7.26. The molecule has 7 heteroatoms. The summed E-state index contributed by atoms with van der Waals surface area (Å²) in [6.07, 6.45) is 0.894. The van der Waals surface area contributed by atoms with E-state index in [-0.39, 0.29) is 11.4 Å². The van der Waals surface area contributed by atoms with E-state index in [4.69, 9.17) is 14.5 Å². The molecule has 4 rings (SSSR count). The van der Waals surface area contributed by atoms with Crippen LogP contribution in [0.5, 0.6) is 0 Å². The lowest BCUT2D eigenvalue weighted by Crippen LogP contribution is -2.23. The van der Waals surface area contributed by atoms with Crippen molar-refractivity contribution >= 4 is 33.6 Å². The smallest absolute Gasteiger partial charge is 0.336 e. The van der Waals surface area contributed by atoms with Gasteiger partial charge in [-0.25, -0.2) is 14.5 Å². The minimum atomic E-state index is -0.401. The Bertz CT molecular complexity index is 1450. The van der Waals surface area contributed by atoms with Crippen LogP contribution in [0.2, 0.25) is 0 Å². The summed E-state index contributed by atoms with van der Waals surface area (Å²) in [5, 5.41) is 9.57. The van der Waals surface area contributed by atoms with E-state index < -0.39 is 5.63 Å². The lowest BCUT2D eigenvalue weighted by molar-refractivity contribution is -0.116. The van der Waals surface area contributed by atoms with Crippen molar-refractivity contribution in [2.75, 3.05) is 5.32 Å². The highest BCUT2D eigenvalue weighted by molar-refractivity contribution is 5.94. The number of aryl methyl sites for hydroxylation is 4. The van der Waals surface area contributed by atoms with Crippen molar-refractivity contribution in [2.45, 2.75) is 66.8 Å².